The highest BCUT2D eigenvalue weighted by molar-refractivity contribution is 5.92. The maximum absolute atomic E-state index is 3.56. The van der Waals surface area contributed by atoms with Crippen molar-refractivity contribution in [1.82, 2.24) is 10.3 Å². The van der Waals surface area contributed by atoms with Crippen LogP contribution in [0, 0.1) is 0 Å². The van der Waals surface area contributed by atoms with Gasteiger partial charge in [-0.3, -0.25) is 0 Å². The molecule has 0 amide bonds. The molecule has 0 radical (unpaired) electrons. The van der Waals surface area contributed by atoms with Gasteiger partial charge in [-0.15, -0.1) is 0 Å². The summed E-state index contributed by atoms with van der Waals surface area (Å²) in [5, 5.41) is 4.88. The molecule has 3 heteroatoms. The highest BCUT2D eigenvalue weighted by Gasteiger charge is 2.15. The summed E-state index contributed by atoms with van der Waals surface area (Å²) in [6.07, 6.45) is 6.02. The molecule has 0 aliphatic carbocycles. The smallest absolute Gasteiger partial charge is 0.0621 e. The lowest BCUT2D eigenvalue weighted by atomic mass is 10.1. The fraction of sp³-hybridized carbons (Fsp3) is 0.467. The summed E-state index contributed by atoms with van der Waals surface area (Å²) >= 11 is 0. The standard InChI is InChI=1S/C15H21N3/c1-18(10-8-12-5-4-9-16-12)15-11-17-14-7-3-2-6-13(14)15/h2-3,6-7,11-12,16-17H,4-5,8-10H2,1H3. The van der Waals surface area contributed by atoms with Gasteiger partial charge in [-0.05, 0) is 31.9 Å². The molecule has 3 nitrogen and oxygen atoms in total. The second-order valence-corrected chi connectivity index (χ2v) is 5.22. The van der Waals surface area contributed by atoms with Crippen molar-refractivity contribution in [3.63, 3.8) is 0 Å². The van der Waals surface area contributed by atoms with Gasteiger partial charge < -0.3 is 15.2 Å². The Morgan fingerprint density at radius 2 is 2.22 bits per heavy atom. The number of benzene rings is 1. The van der Waals surface area contributed by atoms with Gasteiger partial charge in [0.25, 0.3) is 0 Å². The number of anilines is 1. The first-order valence-electron chi connectivity index (χ1n) is 6.85. The number of aromatic nitrogens is 1. The lowest BCUT2D eigenvalue weighted by Crippen LogP contribution is -2.28. The van der Waals surface area contributed by atoms with Gasteiger partial charge in [0.2, 0.25) is 0 Å². The molecular formula is C15H21N3. The number of fused-ring (bicyclic) bond motifs is 1. The van der Waals surface area contributed by atoms with Gasteiger partial charge in [-0.2, -0.15) is 0 Å². The SMILES string of the molecule is CN(CCC1CCCN1)c1c[nH]c2ccccc12. The monoisotopic (exact) mass is 243 g/mol. The summed E-state index contributed by atoms with van der Waals surface area (Å²) in [6, 6.07) is 9.21. The zero-order valence-electron chi connectivity index (χ0n) is 10.9. The van der Waals surface area contributed by atoms with Crippen molar-refractivity contribution in [2.45, 2.75) is 25.3 Å². The maximum atomic E-state index is 3.56. The van der Waals surface area contributed by atoms with Crippen molar-refractivity contribution in [2.75, 3.05) is 25.0 Å². The Bertz CT molecular complexity index is 511. The number of para-hydroxylation sites is 1. The molecule has 18 heavy (non-hydrogen) atoms. The summed E-state index contributed by atoms with van der Waals surface area (Å²) in [5.74, 6) is 0. The third kappa shape index (κ3) is 2.23. The average Bonchev–Trinajstić information content (AvgIpc) is 3.05. The Hall–Kier alpha value is -1.48. The lowest BCUT2D eigenvalue weighted by molar-refractivity contribution is 0.559. The Morgan fingerprint density at radius 3 is 3.06 bits per heavy atom. The minimum absolute atomic E-state index is 0.720. The summed E-state index contributed by atoms with van der Waals surface area (Å²) < 4.78 is 0. The molecule has 0 saturated carbocycles. The van der Waals surface area contributed by atoms with Crippen LogP contribution in [0.4, 0.5) is 5.69 Å². The third-order valence-corrected chi connectivity index (χ3v) is 3.95. The summed E-state index contributed by atoms with van der Waals surface area (Å²) in [4.78, 5) is 5.70. The first-order chi connectivity index (χ1) is 8.84. The van der Waals surface area contributed by atoms with E-state index in [4.69, 9.17) is 0 Å². The number of hydrogen-bond acceptors (Lipinski definition) is 2. The van der Waals surface area contributed by atoms with Crippen LogP contribution in [0.25, 0.3) is 10.9 Å². The van der Waals surface area contributed by atoms with E-state index >= 15 is 0 Å². The molecule has 1 aliphatic rings. The molecule has 1 aromatic heterocycles. The van der Waals surface area contributed by atoms with Crippen molar-refractivity contribution in [3.8, 4) is 0 Å². The molecular weight excluding hydrogens is 222 g/mol. The van der Waals surface area contributed by atoms with E-state index < -0.39 is 0 Å². The zero-order valence-corrected chi connectivity index (χ0v) is 10.9. The van der Waals surface area contributed by atoms with Gasteiger partial charge in [-0.25, -0.2) is 0 Å². The highest BCUT2D eigenvalue weighted by atomic mass is 15.1. The molecule has 3 rings (SSSR count). The van der Waals surface area contributed by atoms with Crippen LogP contribution in [0.3, 0.4) is 0 Å². The first-order valence-corrected chi connectivity index (χ1v) is 6.85. The van der Waals surface area contributed by atoms with Crippen LogP contribution >= 0.6 is 0 Å². The Balaban J connectivity index is 1.69. The molecule has 1 unspecified atom stereocenters. The largest absolute Gasteiger partial charge is 0.373 e. The molecule has 96 valence electrons. The van der Waals surface area contributed by atoms with Gasteiger partial charge in [0.15, 0.2) is 0 Å². The van der Waals surface area contributed by atoms with Gasteiger partial charge in [0.1, 0.15) is 0 Å². The molecule has 2 N–H and O–H groups in total. The number of nitrogens with one attached hydrogen (secondary N) is 2. The van der Waals surface area contributed by atoms with E-state index in [0.717, 1.165) is 12.6 Å². The van der Waals surface area contributed by atoms with Crippen LogP contribution in [0.1, 0.15) is 19.3 Å². The number of hydrogen-bond donors (Lipinski definition) is 2. The predicted octanol–water partition coefficient (Wildman–Crippen LogP) is 2.75. The topological polar surface area (TPSA) is 31.1 Å². The van der Waals surface area contributed by atoms with Crippen molar-refractivity contribution >= 4 is 16.6 Å². The van der Waals surface area contributed by atoms with E-state index in [2.05, 4.69) is 52.7 Å². The van der Waals surface area contributed by atoms with Crippen LogP contribution in [0.15, 0.2) is 30.5 Å². The van der Waals surface area contributed by atoms with Gasteiger partial charge in [0, 0.05) is 36.7 Å². The molecule has 1 saturated heterocycles. The van der Waals surface area contributed by atoms with E-state index in [1.165, 1.54) is 42.4 Å². The summed E-state index contributed by atoms with van der Waals surface area (Å²) in [6.45, 7) is 2.31. The second kappa shape index (κ2) is 5.02. The number of nitrogens with zero attached hydrogens (tertiary/aromatic N) is 1. The molecule has 0 bridgehead atoms. The maximum Gasteiger partial charge on any atom is 0.0621 e. The van der Waals surface area contributed by atoms with Crippen LogP contribution < -0.4 is 10.2 Å². The van der Waals surface area contributed by atoms with E-state index in [0.29, 0.717) is 0 Å². The summed E-state index contributed by atoms with van der Waals surface area (Å²) in [5.41, 5.74) is 2.53. The average molecular weight is 243 g/mol. The van der Waals surface area contributed by atoms with Crippen molar-refractivity contribution in [2.24, 2.45) is 0 Å². The summed E-state index contributed by atoms with van der Waals surface area (Å²) in [7, 11) is 2.19. The first kappa shape index (κ1) is 11.6. The molecule has 1 aromatic carbocycles. The fourth-order valence-corrected chi connectivity index (χ4v) is 2.85. The van der Waals surface area contributed by atoms with Crippen LogP contribution in [0.5, 0.6) is 0 Å². The Kier molecular flexibility index (Phi) is 3.24. The Labute approximate surface area is 108 Å². The molecule has 1 fully saturated rings. The minimum Gasteiger partial charge on any atom is -0.373 e. The van der Waals surface area contributed by atoms with Crippen LogP contribution in [-0.4, -0.2) is 31.2 Å². The number of rotatable bonds is 4. The second-order valence-electron chi connectivity index (χ2n) is 5.22. The minimum atomic E-state index is 0.720. The van der Waals surface area contributed by atoms with Crippen LogP contribution in [-0.2, 0) is 0 Å². The fourth-order valence-electron chi connectivity index (χ4n) is 2.85. The van der Waals surface area contributed by atoms with E-state index in [1.54, 1.807) is 0 Å². The van der Waals surface area contributed by atoms with Crippen molar-refractivity contribution in [3.05, 3.63) is 30.5 Å². The van der Waals surface area contributed by atoms with Crippen molar-refractivity contribution in [1.29, 1.82) is 0 Å². The quantitative estimate of drug-likeness (QED) is 0.865. The third-order valence-electron chi connectivity index (χ3n) is 3.95. The highest BCUT2D eigenvalue weighted by Crippen LogP contribution is 2.25. The van der Waals surface area contributed by atoms with E-state index in [1.807, 2.05) is 0 Å². The van der Waals surface area contributed by atoms with Gasteiger partial charge in [0.05, 0.1) is 5.69 Å². The van der Waals surface area contributed by atoms with Gasteiger partial charge >= 0.3 is 0 Å². The zero-order chi connectivity index (χ0) is 12.4. The normalized spacial score (nSPS) is 19.5. The molecule has 1 aliphatic heterocycles. The van der Waals surface area contributed by atoms with Crippen LogP contribution in [0.2, 0.25) is 0 Å². The Morgan fingerprint density at radius 1 is 1.33 bits per heavy atom. The molecule has 2 aromatic rings. The van der Waals surface area contributed by atoms with Crippen molar-refractivity contribution < 1.29 is 0 Å². The molecule has 0 spiro atoms. The van der Waals surface area contributed by atoms with E-state index in [9.17, 15) is 0 Å². The lowest BCUT2D eigenvalue weighted by Gasteiger charge is -2.20. The number of H-pyrrole nitrogens is 1. The van der Waals surface area contributed by atoms with E-state index in [-0.39, 0.29) is 0 Å². The van der Waals surface area contributed by atoms with Gasteiger partial charge in [-0.1, -0.05) is 18.2 Å². The predicted molar refractivity (Wildman–Crippen MR) is 77.2 cm³/mol. The number of aromatic amines is 1. The molecule has 2 heterocycles. The molecule has 1 atom stereocenters.